The average Bonchev–Trinajstić information content (AvgIpc) is 2.84. The lowest BCUT2D eigenvalue weighted by molar-refractivity contribution is 4.41. The Bertz CT molecular complexity index is 675. The molecule has 0 bridgehead atoms. The summed E-state index contributed by atoms with van der Waals surface area (Å²) in [6.07, 6.45) is 0. The minimum absolute atomic E-state index is 0.154. The van der Waals surface area contributed by atoms with Crippen LogP contribution in [-0.4, -0.2) is 1.28 Å². The van der Waals surface area contributed by atoms with E-state index in [1.54, 1.807) is 0 Å². The zero-order valence-electron chi connectivity index (χ0n) is 23.6. The Morgan fingerprint density at radius 3 is 0.705 bits per heavy atom. The van der Waals surface area contributed by atoms with Gasteiger partial charge in [0.15, 0.2) is 0 Å². The SMILES string of the molecule is [3H]P(P(P(P(P)P)P(P)P)P(P(P)P)P(P)P)P(P(P(P)PP)P(P(P)P)P(P)P)P(P(P(P)P)P(P)P)P(P(P)P)P(P)P. The molecule has 0 aromatic heterocycles. The second-order valence-corrected chi connectivity index (χ2v) is 183. The normalized spacial score (nSPS) is 17.5. The molecule has 0 N–H and O–H groups in total. The molecule has 0 rings (SSSR count). The minimum atomic E-state index is -0.828. The molecule has 27 atom stereocenters. The minimum Gasteiger partial charge on any atom is -0.109 e. The molecular weight excluding hydrogens is 1360 g/mol. The van der Waals surface area contributed by atoms with Crippen LogP contribution < -0.4 is 0 Å². The molecule has 0 radical (unpaired) electrons. The molecule has 0 amide bonds. The highest BCUT2D eigenvalue weighted by Crippen LogP contribution is 3.40. The molecule has 0 aliphatic carbocycles. The third kappa shape index (κ3) is 23.3. The zero-order chi connectivity index (χ0) is 35.8. The molecule has 0 saturated heterocycles. The van der Waals surface area contributed by atoms with Gasteiger partial charge in [-0.3, -0.25) is 0 Å². The predicted molar refractivity (Wildman–Crippen MR) is 369 cm³/mol. The molecule has 27 unspecified atom stereocenters. The van der Waals surface area contributed by atoms with Crippen LogP contribution >= 0.6 is 352 Å². The van der Waals surface area contributed by atoms with Crippen molar-refractivity contribution < 1.29 is 0 Å². The zero-order valence-corrected chi connectivity index (χ0v) is 67.8. The third-order valence-electron chi connectivity index (χ3n) is 3.67. The summed E-state index contributed by atoms with van der Waals surface area (Å²) < 4.78 is 11.2. The first-order valence-electron chi connectivity index (χ1n) is 10.4. The van der Waals surface area contributed by atoms with Gasteiger partial charge >= 0.3 is 0 Å². The van der Waals surface area contributed by atoms with Gasteiger partial charge in [0.05, 0.1) is 1.28 Å². The number of hydrogen-bond acceptors (Lipinski definition) is 0. The first kappa shape index (κ1) is 60.9. The van der Waals surface area contributed by atoms with Crippen molar-refractivity contribution in [1.82, 2.24) is 0 Å². The lowest BCUT2D eigenvalue weighted by atomic mass is 28.5. The van der Waals surface area contributed by atoms with Crippen molar-refractivity contribution in [3.05, 3.63) is 0 Å². The molecular formula is H46P44. The number of hydrogen-bond donors (Lipinski definition) is 0. The maximum atomic E-state index is 11.2. The van der Waals surface area contributed by atoms with E-state index in [-0.39, 0.29) is 133 Å². The van der Waals surface area contributed by atoms with Crippen molar-refractivity contribution in [1.29, 1.82) is 1.28 Å². The second-order valence-electron chi connectivity index (χ2n) is 6.78. The lowest BCUT2D eigenvalue weighted by Gasteiger charge is -2.53. The van der Waals surface area contributed by atoms with Crippen LogP contribution in [-0.2, 0) is 0 Å². The summed E-state index contributed by atoms with van der Waals surface area (Å²) in [5.41, 5.74) is 0. The van der Waals surface area contributed by atoms with Gasteiger partial charge in [0.2, 0.25) is 0 Å². The van der Waals surface area contributed by atoms with Crippen molar-refractivity contribution in [2.24, 2.45) is 0 Å². The first-order valence-corrected chi connectivity index (χ1v) is 89.4. The topological polar surface area (TPSA) is 0 Å². The van der Waals surface area contributed by atoms with Crippen LogP contribution in [0.1, 0.15) is 0 Å². The van der Waals surface area contributed by atoms with E-state index in [4.69, 9.17) is 0 Å². The van der Waals surface area contributed by atoms with Gasteiger partial charge in [-0.2, -0.15) is 0 Å². The molecule has 0 fully saturated rings. The van der Waals surface area contributed by atoms with E-state index < -0.39 is 14.9 Å². The Morgan fingerprint density at radius 2 is 0.500 bits per heavy atom. The molecule has 0 nitrogen and oxygen atoms in total. The van der Waals surface area contributed by atoms with Gasteiger partial charge in [0, 0.05) is 0 Å². The smallest absolute Gasteiger partial charge is 0.0690 e. The molecule has 0 heterocycles. The van der Waals surface area contributed by atoms with E-state index in [2.05, 4.69) is 196 Å². The first-order chi connectivity index (χ1) is 20.5. The average molecular weight is 1410 g/mol. The molecule has 44 heavy (non-hydrogen) atoms. The quantitative estimate of drug-likeness (QED) is 0.101. The second kappa shape index (κ2) is 35.1. The molecule has 0 aliphatic heterocycles. The Balaban J connectivity index is 8.56. The lowest BCUT2D eigenvalue weighted by Crippen LogP contribution is -1.65. The van der Waals surface area contributed by atoms with Crippen molar-refractivity contribution in [2.45, 2.75) is 0 Å². The maximum absolute atomic E-state index is 11.2. The van der Waals surface area contributed by atoms with E-state index in [9.17, 15) is 1.28 Å². The van der Waals surface area contributed by atoms with E-state index in [0.29, 0.717) is 0 Å². The van der Waals surface area contributed by atoms with Crippen LogP contribution in [0.3, 0.4) is 0 Å². The van der Waals surface area contributed by atoms with Gasteiger partial charge in [-0.1, -0.05) is 7.96 Å². The fourth-order valence-corrected chi connectivity index (χ4v) is 580. The predicted octanol–water partition coefficient (Wildman–Crippen LogP) is 25.6. The standard InChI is InChI=1S/H46P44/c1-23-35(22)43(40(29(10)11)30(12)13)37(44(41(31(14)15)32(16)17)42(33(18)19)34(20)21)24-36(38(25(2)3)26(4)5)39(27(6)7)28(8)9/h23-24H,1-22H2/i24T. The Labute approximate surface area is 348 Å². The van der Waals surface area contributed by atoms with Gasteiger partial charge in [0.25, 0.3) is 0 Å². The van der Waals surface area contributed by atoms with Crippen LogP contribution in [0.15, 0.2) is 0 Å². The summed E-state index contributed by atoms with van der Waals surface area (Å²) in [7, 11) is 73.6. The Hall–Kier alpha value is 18.9. The number of rotatable bonds is 21. The van der Waals surface area contributed by atoms with E-state index in [1.165, 1.54) is 0 Å². The summed E-state index contributed by atoms with van der Waals surface area (Å²) in [4.78, 5) is 0. The highest BCUT2D eigenvalue weighted by Gasteiger charge is 2.51. The van der Waals surface area contributed by atoms with Crippen LogP contribution in [0.25, 0.3) is 0 Å². The van der Waals surface area contributed by atoms with Crippen molar-refractivity contribution in [2.75, 3.05) is 0 Å². The van der Waals surface area contributed by atoms with E-state index in [0.717, 1.165) is 7.96 Å². The van der Waals surface area contributed by atoms with Crippen LogP contribution in [0.2, 0.25) is 0 Å². The van der Waals surface area contributed by atoms with Crippen molar-refractivity contribution >= 4 is 352 Å². The van der Waals surface area contributed by atoms with Gasteiger partial charge in [-0.05, 0) is 148 Å². The summed E-state index contributed by atoms with van der Waals surface area (Å²) in [6, 6.07) is 0. The summed E-state index contributed by atoms with van der Waals surface area (Å²) in [5.74, 6) is 0. The van der Waals surface area contributed by atoms with E-state index >= 15 is 0 Å². The van der Waals surface area contributed by atoms with E-state index in [1.807, 2.05) is 0 Å². The van der Waals surface area contributed by atoms with Crippen LogP contribution in [0, 0.1) is 0 Å². The fourth-order valence-electron chi connectivity index (χ4n) is 2.39. The summed E-state index contributed by atoms with van der Waals surface area (Å²) in [6.45, 7) is -4.57. The third-order valence-corrected chi connectivity index (χ3v) is 297. The van der Waals surface area contributed by atoms with Crippen molar-refractivity contribution in [3.63, 3.8) is 0 Å². The van der Waals surface area contributed by atoms with Crippen LogP contribution in [0.5, 0.6) is 0 Å². The molecule has 0 aromatic rings. The van der Waals surface area contributed by atoms with Gasteiger partial charge in [-0.15, -0.1) is 196 Å². The molecule has 0 spiro atoms. The van der Waals surface area contributed by atoms with Crippen LogP contribution in [0.4, 0.5) is 0 Å². The fraction of sp³-hybridized carbons (Fsp3) is 0. The van der Waals surface area contributed by atoms with Gasteiger partial charge in [-0.25, -0.2) is 0 Å². The highest BCUT2D eigenvalue weighted by molar-refractivity contribution is 9.45. The Kier molecular flexibility index (Phi) is 48.6. The van der Waals surface area contributed by atoms with Gasteiger partial charge in [0.1, 0.15) is 0 Å². The largest absolute Gasteiger partial charge is 0.109 e. The molecule has 44 heteroatoms. The van der Waals surface area contributed by atoms with Crippen molar-refractivity contribution in [3.8, 4) is 0 Å². The molecule has 0 aromatic carbocycles. The van der Waals surface area contributed by atoms with Gasteiger partial charge < -0.3 is 0 Å². The highest BCUT2D eigenvalue weighted by atomic mass is 33.5. The Morgan fingerprint density at radius 1 is 0.295 bits per heavy atom. The monoisotopic (exact) mass is 1410 g/mol. The molecule has 0 saturated carbocycles. The summed E-state index contributed by atoms with van der Waals surface area (Å²) >= 11 is 0. The molecule has 266 valence electrons. The summed E-state index contributed by atoms with van der Waals surface area (Å²) in [5, 5.41) is 0. The maximum Gasteiger partial charge on any atom is 0.0690 e. The molecule has 0 aliphatic rings.